The number of fused-ring (bicyclic) bond motifs is 3. The van der Waals surface area contributed by atoms with Gasteiger partial charge in [-0.25, -0.2) is 4.39 Å². The average Bonchev–Trinajstić information content (AvgIpc) is 2.61. The van der Waals surface area contributed by atoms with Gasteiger partial charge in [0.2, 0.25) is 5.52 Å². The zero-order valence-corrected chi connectivity index (χ0v) is 13.7. The van der Waals surface area contributed by atoms with Crippen LogP contribution in [0, 0.1) is 5.82 Å². The van der Waals surface area contributed by atoms with E-state index < -0.39 is 0 Å². The zero-order valence-electron chi connectivity index (χ0n) is 13.7. The number of ether oxygens (including phenoxy) is 1. The summed E-state index contributed by atoms with van der Waals surface area (Å²) in [5.74, 6) is 0.725. The number of aromatic hydroxyl groups is 1. The highest BCUT2D eigenvalue weighted by Crippen LogP contribution is 2.27. The van der Waals surface area contributed by atoms with Crippen LogP contribution >= 0.6 is 0 Å². The summed E-state index contributed by atoms with van der Waals surface area (Å²) in [6, 6.07) is 17.7. The minimum absolute atomic E-state index is 0.232. The fourth-order valence-corrected chi connectivity index (χ4v) is 3.21. The number of benzene rings is 3. The molecule has 0 bridgehead atoms. The maximum absolute atomic E-state index is 13.9. The molecule has 4 heteroatoms. The van der Waals surface area contributed by atoms with Crippen LogP contribution in [0.5, 0.6) is 11.5 Å². The molecule has 0 saturated carbocycles. The normalized spacial score (nSPS) is 11.1. The Hall–Kier alpha value is -3.14. The number of aromatic nitrogens is 1. The molecule has 1 heterocycles. The van der Waals surface area contributed by atoms with E-state index >= 15 is 0 Å². The number of phenolic OH excluding ortho intramolecular Hbond substituents is 1. The molecule has 124 valence electrons. The molecule has 1 aromatic heterocycles. The van der Waals surface area contributed by atoms with Crippen LogP contribution < -0.4 is 9.30 Å². The summed E-state index contributed by atoms with van der Waals surface area (Å²) in [5, 5.41) is 12.5. The Balaban J connectivity index is 1.97. The van der Waals surface area contributed by atoms with Crippen LogP contribution in [0.25, 0.3) is 21.7 Å². The van der Waals surface area contributed by atoms with Gasteiger partial charge in [-0.3, -0.25) is 0 Å². The van der Waals surface area contributed by atoms with E-state index in [0.717, 1.165) is 33.0 Å². The second-order valence-electron chi connectivity index (χ2n) is 6.04. The number of nitrogens with zero attached hydrogens (tertiary/aromatic N) is 1. The minimum atomic E-state index is -0.264. The monoisotopic (exact) mass is 334 g/mol. The van der Waals surface area contributed by atoms with Gasteiger partial charge in [-0.05, 0) is 42.5 Å². The van der Waals surface area contributed by atoms with Gasteiger partial charge in [-0.2, -0.15) is 4.57 Å². The molecule has 3 aromatic carbocycles. The molecule has 0 unspecified atom stereocenters. The summed E-state index contributed by atoms with van der Waals surface area (Å²) in [4.78, 5) is 0. The van der Waals surface area contributed by atoms with E-state index in [0.29, 0.717) is 6.54 Å². The van der Waals surface area contributed by atoms with E-state index in [9.17, 15) is 9.50 Å². The van der Waals surface area contributed by atoms with Crippen LogP contribution in [-0.4, -0.2) is 12.2 Å². The first-order valence-corrected chi connectivity index (χ1v) is 8.01. The molecule has 0 amide bonds. The fourth-order valence-electron chi connectivity index (χ4n) is 3.21. The van der Waals surface area contributed by atoms with E-state index in [2.05, 4.69) is 4.57 Å². The Morgan fingerprint density at radius 3 is 2.68 bits per heavy atom. The van der Waals surface area contributed by atoms with Crippen molar-refractivity contribution in [1.29, 1.82) is 0 Å². The first kappa shape index (κ1) is 15.4. The summed E-state index contributed by atoms with van der Waals surface area (Å²) in [6.07, 6.45) is 2.03. The van der Waals surface area contributed by atoms with E-state index in [4.69, 9.17) is 4.74 Å². The molecule has 4 rings (SSSR count). The molecule has 1 N–H and O–H groups in total. The highest BCUT2D eigenvalue weighted by atomic mass is 19.1. The van der Waals surface area contributed by atoms with Gasteiger partial charge in [-0.15, -0.1) is 0 Å². The van der Waals surface area contributed by atoms with Crippen molar-refractivity contribution in [2.45, 2.75) is 6.54 Å². The minimum Gasteiger partial charge on any atom is -0.508 e. The molecule has 0 spiro atoms. The van der Waals surface area contributed by atoms with Crippen LogP contribution in [0.2, 0.25) is 0 Å². The first-order chi connectivity index (χ1) is 12.1. The summed E-state index contributed by atoms with van der Waals surface area (Å²) in [6.45, 7) is 0.573. The number of hydrogen-bond acceptors (Lipinski definition) is 2. The van der Waals surface area contributed by atoms with Crippen molar-refractivity contribution in [3.05, 3.63) is 78.2 Å². The number of pyridine rings is 1. The van der Waals surface area contributed by atoms with E-state index in [1.54, 1.807) is 31.4 Å². The Morgan fingerprint density at radius 2 is 1.88 bits per heavy atom. The molecule has 4 aromatic rings. The maximum Gasteiger partial charge on any atom is 0.213 e. The van der Waals surface area contributed by atoms with Gasteiger partial charge in [0.25, 0.3) is 0 Å². The van der Waals surface area contributed by atoms with E-state index in [1.165, 1.54) is 6.07 Å². The third kappa shape index (κ3) is 2.87. The van der Waals surface area contributed by atoms with Crippen LogP contribution in [0.3, 0.4) is 0 Å². The first-order valence-electron chi connectivity index (χ1n) is 8.01. The SMILES string of the molecule is COc1ccc2c(c1)c[n+](Cc1cccc(O)c1)c1ccc(F)cc21. The quantitative estimate of drug-likeness (QED) is 0.450. The Morgan fingerprint density at radius 1 is 1.00 bits per heavy atom. The van der Waals surface area contributed by atoms with Gasteiger partial charge in [0, 0.05) is 17.0 Å². The van der Waals surface area contributed by atoms with Crippen LogP contribution in [0.4, 0.5) is 4.39 Å². The Bertz CT molecular complexity index is 1090. The molecule has 0 saturated heterocycles. The van der Waals surface area contributed by atoms with Gasteiger partial charge in [-0.1, -0.05) is 12.1 Å². The molecule has 3 nitrogen and oxygen atoms in total. The highest BCUT2D eigenvalue weighted by Gasteiger charge is 2.15. The van der Waals surface area contributed by atoms with Gasteiger partial charge >= 0.3 is 0 Å². The predicted molar refractivity (Wildman–Crippen MR) is 95.4 cm³/mol. The second kappa shape index (κ2) is 6.06. The summed E-state index contributed by atoms with van der Waals surface area (Å²) < 4.78 is 21.2. The number of halogens is 1. The van der Waals surface area contributed by atoms with Crippen molar-refractivity contribution in [3.8, 4) is 11.5 Å². The zero-order chi connectivity index (χ0) is 17.4. The third-order valence-electron chi connectivity index (χ3n) is 4.38. The molecular weight excluding hydrogens is 317 g/mol. The fraction of sp³-hybridized carbons (Fsp3) is 0.0952. The smallest absolute Gasteiger partial charge is 0.213 e. The number of hydrogen-bond donors (Lipinski definition) is 1. The van der Waals surface area contributed by atoms with Gasteiger partial charge in [0.1, 0.15) is 17.3 Å². The lowest BCUT2D eigenvalue weighted by atomic mass is 10.1. The lowest BCUT2D eigenvalue weighted by molar-refractivity contribution is -0.661. The molecule has 0 radical (unpaired) electrons. The van der Waals surface area contributed by atoms with Crippen LogP contribution in [-0.2, 0) is 6.54 Å². The lowest BCUT2D eigenvalue weighted by Crippen LogP contribution is -2.34. The van der Waals surface area contributed by atoms with Crippen molar-refractivity contribution >= 4 is 21.7 Å². The van der Waals surface area contributed by atoms with Gasteiger partial charge in [0.05, 0.1) is 17.9 Å². The average molecular weight is 334 g/mol. The van der Waals surface area contributed by atoms with Crippen molar-refractivity contribution < 1.29 is 18.8 Å². The molecule has 0 fully saturated rings. The van der Waals surface area contributed by atoms with Crippen LogP contribution in [0.1, 0.15) is 5.56 Å². The van der Waals surface area contributed by atoms with Crippen molar-refractivity contribution in [1.82, 2.24) is 0 Å². The molecule has 0 aliphatic heterocycles. The molecular formula is C21H17FNO2+. The molecule has 0 aliphatic rings. The maximum atomic E-state index is 13.9. The van der Waals surface area contributed by atoms with Crippen LogP contribution in [0.15, 0.2) is 66.9 Å². The van der Waals surface area contributed by atoms with Gasteiger partial charge < -0.3 is 9.84 Å². The second-order valence-corrected chi connectivity index (χ2v) is 6.04. The van der Waals surface area contributed by atoms with Crippen molar-refractivity contribution in [2.75, 3.05) is 7.11 Å². The summed E-state index contributed by atoms with van der Waals surface area (Å²) in [5.41, 5.74) is 1.90. The third-order valence-corrected chi connectivity index (χ3v) is 4.38. The summed E-state index contributed by atoms with van der Waals surface area (Å²) >= 11 is 0. The number of phenols is 1. The topological polar surface area (TPSA) is 33.3 Å². The Kier molecular flexibility index (Phi) is 3.73. The lowest BCUT2D eigenvalue weighted by Gasteiger charge is -2.08. The largest absolute Gasteiger partial charge is 0.508 e. The predicted octanol–water partition coefficient (Wildman–Crippen LogP) is 4.18. The summed E-state index contributed by atoms with van der Waals surface area (Å²) in [7, 11) is 1.63. The molecule has 0 aliphatic carbocycles. The Labute approximate surface area is 144 Å². The molecule has 25 heavy (non-hydrogen) atoms. The number of rotatable bonds is 3. The van der Waals surface area contributed by atoms with Gasteiger partial charge in [0.15, 0.2) is 12.7 Å². The molecule has 0 atom stereocenters. The van der Waals surface area contributed by atoms with E-state index in [-0.39, 0.29) is 11.6 Å². The number of methoxy groups -OCH3 is 1. The standard InChI is InChI=1S/C21H16FNO2/c1-25-18-6-7-19-15(10-18)13-23(12-14-3-2-4-17(24)9-14)21-8-5-16(22)11-20(19)21/h2-11,13H,12H2,1H3/p+1. The van der Waals surface area contributed by atoms with E-state index in [1.807, 2.05) is 36.5 Å². The highest BCUT2D eigenvalue weighted by molar-refractivity contribution is 6.04. The van der Waals surface area contributed by atoms with Crippen molar-refractivity contribution in [2.24, 2.45) is 0 Å². The van der Waals surface area contributed by atoms with Crippen molar-refractivity contribution in [3.63, 3.8) is 0 Å².